The zero-order valence-electron chi connectivity index (χ0n) is 14.6. The number of methoxy groups -OCH3 is 1. The van der Waals surface area contributed by atoms with Gasteiger partial charge in [-0.05, 0) is 29.7 Å². The van der Waals surface area contributed by atoms with Crippen LogP contribution < -0.4 is 9.64 Å². The molecule has 0 saturated carbocycles. The standard InChI is InChI=1S/C22H22ClNO/c1-17-13-21(22(25-2)14-20(17)23)24(15-18-9-5-3-6-10-18)16-19-11-7-4-8-12-19/h3-14H,15-16H2,1-2H3. The molecule has 3 aromatic rings. The van der Waals surface area contributed by atoms with Crippen LogP contribution in [0.1, 0.15) is 16.7 Å². The molecule has 0 saturated heterocycles. The zero-order chi connectivity index (χ0) is 17.6. The van der Waals surface area contributed by atoms with Gasteiger partial charge in [-0.3, -0.25) is 0 Å². The number of hydrogen-bond acceptors (Lipinski definition) is 2. The van der Waals surface area contributed by atoms with E-state index < -0.39 is 0 Å². The quantitative estimate of drug-likeness (QED) is 0.551. The molecule has 0 unspecified atom stereocenters. The lowest BCUT2D eigenvalue weighted by atomic mass is 10.1. The maximum Gasteiger partial charge on any atom is 0.143 e. The smallest absolute Gasteiger partial charge is 0.143 e. The summed E-state index contributed by atoms with van der Waals surface area (Å²) in [6.07, 6.45) is 0. The van der Waals surface area contributed by atoms with Gasteiger partial charge >= 0.3 is 0 Å². The molecule has 0 amide bonds. The highest BCUT2D eigenvalue weighted by atomic mass is 35.5. The van der Waals surface area contributed by atoms with E-state index in [9.17, 15) is 0 Å². The van der Waals surface area contributed by atoms with Crippen molar-refractivity contribution in [3.63, 3.8) is 0 Å². The van der Waals surface area contributed by atoms with Crippen molar-refractivity contribution in [2.45, 2.75) is 20.0 Å². The Morgan fingerprint density at radius 2 is 1.36 bits per heavy atom. The average molecular weight is 352 g/mol. The second-order valence-corrected chi connectivity index (χ2v) is 6.51. The van der Waals surface area contributed by atoms with Crippen molar-refractivity contribution in [1.29, 1.82) is 0 Å². The lowest BCUT2D eigenvalue weighted by Crippen LogP contribution is -2.22. The highest BCUT2D eigenvalue weighted by molar-refractivity contribution is 6.31. The third-order valence-electron chi connectivity index (χ3n) is 4.23. The molecule has 3 rings (SSSR count). The molecule has 0 fully saturated rings. The number of hydrogen-bond donors (Lipinski definition) is 0. The predicted octanol–water partition coefficient (Wildman–Crippen LogP) is 5.86. The lowest BCUT2D eigenvalue weighted by molar-refractivity contribution is 0.414. The first-order valence-electron chi connectivity index (χ1n) is 8.34. The van der Waals surface area contributed by atoms with Crippen LogP contribution in [0.5, 0.6) is 5.75 Å². The van der Waals surface area contributed by atoms with Gasteiger partial charge in [-0.2, -0.15) is 0 Å². The molecule has 25 heavy (non-hydrogen) atoms. The molecule has 0 heterocycles. The third kappa shape index (κ3) is 4.34. The molecule has 0 aliphatic heterocycles. The van der Waals surface area contributed by atoms with Crippen LogP contribution in [0.25, 0.3) is 0 Å². The number of aryl methyl sites for hydroxylation is 1. The number of benzene rings is 3. The molecule has 3 heteroatoms. The summed E-state index contributed by atoms with van der Waals surface area (Å²) in [7, 11) is 1.69. The van der Waals surface area contributed by atoms with Crippen molar-refractivity contribution in [3.05, 3.63) is 94.5 Å². The van der Waals surface area contributed by atoms with Crippen LogP contribution in [0.4, 0.5) is 5.69 Å². The van der Waals surface area contributed by atoms with E-state index in [4.69, 9.17) is 16.3 Å². The van der Waals surface area contributed by atoms with Gasteiger partial charge in [-0.1, -0.05) is 72.3 Å². The molecular formula is C22H22ClNO. The number of halogens is 1. The first-order chi connectivity index (χ1) is 12.2. The van der Waals surface area contributed by atoms with Gasteiger partial charge in [0.05, 0.1) is 12.8 Å². The minimum absolute atomic E-state index is 0.722. The molecule has 0 aliphatic rings. The van der Waals surface area contributed by atoms with Crippen LogP contribution in [0.3, 0.4) is 0 Å². The van der Waals surface area contributed by atoms with Crippen molar-refractivity contribution in [3.8, 4) is 5.75 Å². The van der Waals surface area contributed by atoms with Crippen LogP contribution in [0.15, 0.2) is 72.8 Å². The molecule has 0 aliphatic carbocycles. The number of anilines is 1. The fourth-order valence-corrected chi connectivity index (χ4v) is 3.05. The van der Waals surface area contributed by atoms with E-state index in [-0.39, 0.29) is 0 Å². The second-order valence-electron chi connectivity index (χ2n) is 6.10. The summed E-state index contributed by atoms with van der Waals surface area (Å²) < 4.78 is 5.61. The van der Waals surface area contributed by atoms with E-state index >= 15 is 0 Å². The fourth-order valence-electron chi connectivity index (χ4n) is 2.89. The van der Waals surface area contributed by atoms with E-state index in [1.807, 2.05) is 25.1 Å². The maximum absolute atomic E-state index is 6.29. The molecule has 0 bridgehead atoms. The van der Waals surface area contributed by atoms with Crippen LogP contribution in [-0.2, 0) is 13.1 Å². The van der Waals surface area contributed by atoms with E-state index in [0.717, 1.165) is 35.1 Å². The normalized spacial score (nSPS) is 10.5. The Morgan fingerprint density at radius 3 is 1.84 bits per heavy atom. The SMILES string of the molecule is COc1cc(Cl)c(C)cc1N(Cc1ccccc1)Cc1ccccc1. The van der Waals surface area contributed by atoms with Crippen LogP contribution >= 0.6 is 11.6 Å². The van der Waals surface area contributed by atoms with Crippen molar-refractivity contribution in [1.82, 2.24) is 0 Å². The predicted molar refractivity (Wildman–Crippen MR) is 106 cm³/mol. The van der Waals surface area contributed by atoms with E-state index in [2.05, 4.69) is 59.5 Å². The molecule has 3 aromatic carbocycles. The summed E-state index contributed by atoms with van der Waals surface area (Å²) in [4.78, 5) is 2.33. The largest absolute Gasteiger partial charge is 0.495 e. The Labute approximate surface area is 154 Å². The monoisotopic (exact) mass is 351 g/mol. The van der Waals surface area contributed by atoms with Crippen molar-refractivity contribution < 1.29 is 4.74 Å². The average Bonchev–Trinajstić information content (AvgIpc) is 2.65. The molecular weight excluding hydrogens is 330 g/mol. The van der Waals surface area contributed by atoms with E-state index in [1.54, 1.807) is 7.11 Å². The van der Waals surface area contributed by atoms with Crippen molar-refractivity contribution >= 4 is 17.3 Å². The van der Waals surface area contributed by atoms with Crippen molar-refractivity contribution in [2.75, 3.05) is 12.0 Å². The minimum atomic E-state index is 0.722. The summed E-state index contributed by atoms with van der Waals surface area (Å²) in [5.74, 6) is 0.794. The molecule has 0 aromatic heterocycles. The molecule has 0 N–H and O–H groups in total. The van der Waals surface area contributed by atoms with Gasteiger partial charge in [0.1, 0.15) is 5.75 Å². The van der Waals surface area contributed by atoms with E-state index in [0.29, 0.717) is 0 Å². The molecule has 0 radical (unpaired) electrons. The Kier molecular flexibility index (Phi) is 5.62. The van der Waals surface area contributed by atoms with Gasteiger partial charge in [-0.15, -0.1) is 0 Å². The number of ether oxygens (including phenoxy) is 1. The highest BCUT2D eigenvalue weighted by Crippen LogP contribution is 2.35. The number of nitrogens with zero attached hydrogens (tertiary/aromatic N) is 1. The summed E-state index contributed by atoms with van der Waals surface area (Å²) in [5, 5.41) is 0.722. The first-order valence-corrected chi connectivity index (χ1v) is 8.72. The van der Waals surface area contributed by atoms with Gasteiger partial charge in [0.25, 0.3) is 0 Å². The Bertz CT molecular complexity index is 777. The fraction of sp³-hybridized carbons (Fsp3) is 0.182. The first kappa shape index (κ1) is 17.4. The molecule has 0 atom stereocenters. The number of rotatable bonds is 6. The molecule has 2 nitrogen and oxygen atoms in total. The second kappa shape index (κ2) is 8.09. The van der Waals surface area contributed by atoms with Gasteiger partial charge in [-0.25, -0.2) is 0 Å². The van der Waals surface area contributed by atoms with Crippen molar-refractivity contribution in [2.24, 2.45) is 0 Å². The molecule has 0 spiro atoms. The zero-order valence-corrected chi connectivity index (χ0v) is 15.3. The van der Waals surface area contributed by atoms with Gasteiger partial charge < -0.3 is 9.64 Å². The minimum Gasteiger partial charge on any atom is -0.495 e. The highest BCUT2D eigenvalue weighted by Gasteiger charge is 2.15. The van der Waals surface area contributed by atoms with Gasteiger partial charge in [0.2, 0.25) is 0 Å². The van der Waals surface area contributed by atoms with Crippen LogP contribution in [0, 0.1) is 6.92 Å². The van der Waals surface area contributed by atoms with Gasteiger partial charge in [0.15, 0.2) is 0 Å². The Balaban J connectivity index is 2.00. The third-order valence-corrected chi connectivity index (χ3v) is 4.64. The van der Waals surface area contributed by atoms with Crippen LogP contribution in [0.2, 0.25) is 5.02 Å². The summed E-state index contributed by atoms with van der Waals surface area (Å²) >= 11 is 6.29. The van der Waals surface area contributed by atoms with Gasteiger partial charge in [0, 0.05) is 24.2 Å². The maximum atomic E-state index is 6.29. The Morgan fingerprint density at radius 1 is 0.840 bits per heavy atom. The molecule has 128 valence electrons. The summed E-state index contributed by atoms with van der Waals surface area (Å²) in [6, 6.07) is 24.9. The van der Waals surface area contributed by atoms with E-state index in [1.165, 1.54) is 11.1 Å². The van der Waals surface area contributed by atoms with Crippen LogP contribution in [-0.4, -0.2) is 7.11 Å². The summed E-state index contributed by atoms with van der Waals surface area (Å²) in [6.45, 7) is 3.62. The topological polar surface area (TPSA) is 12.5 Å². The lowest BCUT2D eigenvalue weighted by Gasteiger charge is -2.27. The Hall–Kier alpha value is -2.45. The summed E-state index contributed by atoms with van der Waals surface area (Å²) in [5.41, 5.74) is 4.61.